The Balaban J connectivity index is 1.52. The molecule has 3 aromatic carbocycles. The summed E-state index contributed by atoms with van der Waals surface area (Å²) in [6.45, 7) is 5.14. The summed E-state index contributed by atoms with van der Waals surface area (Å²) < 4.78 is 29.6. The fourth-order valence-electron chi connectivity index (χ4n) is 4.60. The molecule has 190 valence electrons. The number of piperidine rings is 1. The van der Waals surface area contributed by atoms with Crippen LogP contribution in [0.3, 0.4) is 0 Å². The summed E-state index contributed by atoms with van der Waals surface area (Å²) in [5.41, 5.74) is 2.24. The average Bonchev–Trinajstić information content (AvgIpc) is 2.89. The predicted molar refractivity (Wildman–Crippen MR) is 143 cm³/mol. The number of fused-ring (bicyclic) bond motifs is 1. The highest BCUT2D eigenvalue weighted by molar-refractivity contribution is 7.89. The molecule has 0 aromatic heterocycles. The fourth-order valence-corrected chi connectivity index (χ4v) is 6.12. The van der Waals surface area contributed by atoms with E-state index in [-0.39, 0.29) is 22.8 Å². The van der Waals surface area contributed by atoms with E-state index in [1.807, 2.05) is 36.1 Å². The molecular weight excluding hydrogens is 474 g/mol. The molecule has 0 unspecified atom stereocenters. The second-order valence-corrected chi connectivity index (χ2v) is 10.9. The van der Waals surface area contributed by atoms with Gasteiger partial charge in [0.05, 0.1) is 4.90 Å². The zero-order valence-corrected chi connectivity index (χ0v) is 21.6. The van der Waals surface area contributed by atoms with Gasteiger partial charge in [-0.1, -0.05) is 50.2 Å². The summed E-state index contributed by atoms with van der Waals surface area (Å²) in [5.74, 6) is -0.121. The molecular formula is C28H33N3O4S. The number of likely N-dealkylation sites (tertiary alicyclic amines) is 1. The number of carbonyl (C=O) groups excluding carboxylic acids is 2. The lowest BCUT2D eigenvalue weighted by Gasteiger charge is -2.32. The van der Waals surface area contributed by atoms with Crippen LogP contribution < -0.4 is 10.0 Å². The lowest BCUT2D eigenvalue weighted by molar-refractivity contribution is -0.132. The second kappa shape index (κ2) is 11.2. The Kier molecular flexibility index (Phi) is 8.06. The third-order valence-electron chi connectivity index (χ3n) is 6.68. The van der Waals surface area contributed by atoms with E-state index in [9.17, 15) is 18.0 Å². The molecule has 2 N–H and O–H groups in total. The van der Waals surface area contributed by atoms with Crippen molar-refractivity contribution in [3.63, 3.8) is 0 Å². The molecule has 0 spiro atoms. The minimum absolute atomic E-state index is 0.128. The quantitative estimate of drug-likeness (QED) is 0.461. The van der Waals surface area contributed by atoms with Crippen molar-refractivity contribution >= 4 is 38.3 Å². The third-order valence-corrected chi connectivity index (χ3v) is 8.26. The van der Waals surface area contributed by atoms with Gasteiger partial charge in [0.1, 0.15) is 0 Å². The topological polar surface area (TPSA) is 95.6 Å². The van der Waals surface area contributed by atoms with Crippen molar-refractivity contribution in [1.29, 1.82) is 0 Å². The molecule has 1 fully saturated rings. The highest BCUT2D eigenvalue weighted by atomic mass is 32.2. The van der Waals surface area contributed by atoms with Crippen molar-refractivity contribution in [2.75, 3.05) is 18.4 Å². The lowest BCUT2D eigenvalue weighted by atomic mass is 10.1. The second-order valence-electron chi connectivity index (χ2n) is 9.19. The summed E-state index contributed by atoms with van der Waals surface area (Å²) in [5, 5.41) is 4.13. The van der Waals surface area contributed by atoms with Crippen LogP contribution in [-0.4, -0.2) is 44.3 Å². The smallest absolute Gasteiger partial charge is 0.255 e. The van der Waals surface area contributed by atoms with Gasteiger partial charge in [0.15, 0.2) is 0 Å². The minimum atomic E-state index is -3.81. The zero-order valence-electron chi connectivity index (χ0n) is 20.8. The number of rotatable bonds is 8. The van der Waals surface area contributed by atoms with Crippen LogP contribution >= 0.6 is 0 Å². The van der Waals surface area contributed by atoms with E-state index in [0.717, 1.165) is 18.4 Å². The van der Waals surface area contributed by atoms with Gasteiger partial charge >= 0.3 is 0 Å². The summed E-state index contributed by atoms with van der Waals surface area (Å²) in [4.78, 5) is 27.0. The van der Waals surface area contributed by atoms with E-state index in [1.165, 1.54) is 0 Å². The van der Waals surface area contributed by atoms with Gasteiger partial charge in [0.2, 0.25) is 15.9 Å². The summed E-state index contributed by atoms with van der Waals surface area (Å²) in [6.07, 6.45) is 3.39. The Morgan fingerprint density at radius 2 is 1.58 bits per heavy atom. The number of amides is 2. The highest BCUT2D eigenvalue weighted by Crippen LogP contribution is 2.30. The first-order valence-electron chi connectivity index (χ1n) is 12.5. The predicted octanol–water partition coefficient (Wildman–Crippen LogP) is 4.72. The van der Waals surface area contributed by atoms with Crippen LogP contribution in [0.15, 0.2) is 65.6 Å². The molecule has 8 heteroatoms. The molecule has 4 rings (SSSR count). The number of benzene rings is 3. The van der Waals surface area contributed by atoms with Crippen molar-refractivity contribution in [2.24, 2.45) is 0 Å². The lowest BCUT2D eigenvalue weighted by Crippen LogP contribution is -2.46. The summed E-state index contributed by atoms with van der Waals surface area (Å²) >= 11 is 0. The van der Waals surface area contributed by atoms with Crippen LogP contribution in [0.5, 0.6) is 0 Å². The maximum atomic E-state index is 13.4. The summed E-state index contributed by atoms with van der Waals surface area (Å²) in [7, 11) is -3.81. The molecule has 36 heavy (non-hydrogen) atoms. The molecule has 1 heterocycles. The number of nitrogens with one attached hydrogen (secondary N) is 2. The minimum Gasteiger partial charge on any atom is -0.343 e. The number of sulfonamides is 1. The number of aryl methyl sites for hydroxylation is 1. The van der Waals surface area contributed by atoms with E-state index in [1.54, 1.807) is 36.4 Å². The normalized spacial score (nSPS) is 14.7. The number of hydrogen-bond acceptors (Lipinski definition) is 4. The Morgan fingerprint density at radius 3 is 2.22 bits per heavy atom. The Morgan fingerprint density at radius 1 is 0.917 bits per heavy atom. The Hall–Kier alpha value is -3.23. The van der Waals surface area contributed by atoms with Crippen molar-refractivity contribution in [2.45, 2.75) is 56.9 Å². The number of hydrogen-bond donors (Lipinski definition) is 2. The molecule has 1 saturated heterocycles. The molecule has 7 nitrogen and oxygen atoms in total. The monoisotopic (exact) mass is 507 g/mol. The SMILES string of the molecule is CCCC(=O)N1CCC(NS(=O)(=O)c2ccc(NC(=O)c3ccc(CC)cc3)c3ccccc23)CC1. The van der Waals surface area contributed by atoms with E-state index >= 15 is 0 Å². The highest BCUT2D eigenvalue weighted by Gasteiger charge is 2.27. The molecule has 0 bridgehead atoms. The van der Waals surface area contributed by atoms with Crippen LogP contribution in [0.4, 0.5) is 5.69 Å². The first kappa shape index (κ1) is 25.9. The molecule has 0 radical (unpaired) electrons. The van der Waals surface area contributed by atoms with Gasteiger partial charge in [0.25, 0.3) is 5.91 Å². The Labute approximate surface area is 212 Å². The maximum Gasteiger partial charge on any atom is 0.255 e. The van der Waals surface area contributed by atoms with Gasteiger partial charge in [0, 0.05) is 47.6 Å². The van der Waals surface area contributed by atoms with Crippen molar-refractivity contribution in [3.8, 4) is 0 Å². The molecule has 0 aliphatic carbocycles. The van der Waals surface area contributed by atoms with Crippen LogP contribution in [0.1, 0.15) is 55.5 Å². The fraction of sp³-hybridized carbons (Fsp3) is 0.357. The van der Waals surface area contributed by atoms with E-state index < -0.39 is 10.0 Å². The Bertz CT molecular complexity index is 1340. The van der Waals surface area contributed by atoms with E-state index in [0.29, 0.717) is 54.4 Å². The number of nitrogens with zero attached hydrogens (tertiary/aromatic N) is 1. The van der Waals surface area contributed by atoms with Gasteiger partial charge < -0.3 is 10.2 Å². The molecule has 0 saturated carbocycles. The third kappa shape index (κ3) is 5.77. The van der Waals surface area contributed by atoms with Gasteiger partial charge in [-0.3, -0.25) is 9.59 Å². The summed E-state index contributed by atoms with van der Waals surface area (Å²) in [6, 6.07) is 17.6. The van der Waals surface area contributed by atoms with Gasteiger partial charge in [-0.15, -0.1) is 0 Å². The van der Waals surface area contributed by atoms with Crippen LogP contribution in [0.25, 0.3) is 10.8 Å². The zero-order chi connectivity index (χ0) is 25.7. The van der Waals surface area contributed by atoms with E-state index in [2.05, 4.69) is 17.0 Å². The number of carbonyl (C=O) groups is 2. The molecule has 1 aliphatic heterocycles. The van der Waals surface area contributed by atoms with Crippen molar-refractivity contribution in [3.05, 3.63) is 71.8 Å². The van der Waals surface area contributed by atoms with Gasteiger partial charge in [-0.05, 0) is 55.5 Å². The van der Waals surface area contributed by atoms with Crippen molar-refractivity contribution < 1.29 is 18.0 Å². The molecule has 0 atom stereocenters. The van der Waals surface area contributed by atoms with Crippen LogP contribution in [0.2, 0.25) is 0 Å². The first-order chi connectivity index (χ1) is 17.3. The average molecular weight is 508 g/mol. The van der Waals surface area contributed by atoms with Crippen LogP contribution in [-0.2, 0) is 21.2 Å². The molecule has 1 aliphatic rings. The van der Waals surface area contributed by atoms with Crippen LogP contribution in [0, 0.1) is 0 Å². The molecule has 2 amide bonds. The maximum absolute atomic E-state index is 13.4. The van der Waals surface area contributed by atoms with Gasteiger partial charge in [-0.2, -0.15) is 0 Å². The van der Waals surface area contributed by atoms with Gasteiger partial charge in [-0.25, -0.2) is 13.1 Å². The van der Waals surface area contributed by atoms with E-state index in [4.69, 9.17) is 0 Å². The largest absolute Gasteiger partial charge is 0.343 e. The standard InChI is InChI=1S/C28H33N3O4S/c1-3-7-27(32)31-18-16-22(17-19-31)30-36(34,35)26-15-14-25(23-8-5-6-9-24(23)26)29-28(33)21-12-10-20(4-2)11-13-21/h5-6,8-15,22,30H,3-4,7,16-19H2,1-2H3,(H,29,33). The number of anilines is 1. The molecule has 3 aromatic rings. The van der Waals surface area contributed by atoms with Crippen molar-refractivity contribution in [1.82, 2.24) is 9.62 Å². The first-order valence-corrected chi connectivity index (χ1v) is 14.0.